The Morgan fingerprint density at radius 3 is 2.73 bits per heavy atom. The van der Waals surface area contributed by atoms with Crippen molar-refractivity contribution in [3.05, 3.63) is 22.7 Å². The average molecular weight is 274 g/mol. The van der Waals surface area contributed by atoms with Crippen LogP contribution in [0.5, 0.6) is 5.75 Å². The second-order valence-electron chi connectivity index (χ2n) is 3.24. The fraction of sp³-hybridized carbons (Fsp3) is 0.455. The molecule has 3 nitrogen and oxygen atoms in total. The summed E-state index contributed by atoms with van der Waals surface area (Å²) in [6.07, 6.45) is 1.99. The molecule has 0 aliphatic rings. The molecule has 0 unspecified atom stereocenters. The quantitative estimate of drug-likeness (QED) is 0.640. The Kier molecular flexibility index (Phi) is 5.50. The monoisotopic (exact) mass is 273 g/mol. The highest BCUT2D eigenvalue weighted by Crippen LogP contribution is 2.27. The molecule has 0 amide bonds. The van der Waals surface area contributed by atoms with Crippen LogP contribution in [0.25, 0.3) is 0 Å². The first-order valence-corrected chi connectivity index (χ1v) is 5.70. The Balaban J connectivity index is 2.33. The van der Waals surface area contributed by atoms with Crippen LogP contribution in [0.1, 0.15) is 12.8 Å². The lowest BCUT2D eigenvalue weighted by molar-refractivity contribution is 0.184. The van der Waals surface area contributed by atoms with Crippen LogP contribution in [-0.4, -0.2) is 20.3 Å². The standard InChI is InChI=1S/C11H16BrNO2/c1-14-6-2-3-7-15-11-8-9(13)4-5-10(11)12/h4-5,8H,2-3,6-7,13H2,1H3. The highest BCUT2D eigenvalue weighted by molar-refractivity contribution is 9.10. The van der Waals surface area contributed by atoms with Crippen molar-refractivity contribution in [2.24, 2.45) is 0 Å². The summed E-state index contributed by atoms with van der Waals surface area (Å²) in [5.41, 5.74) is 6.37. The smallest absolute Gasteiger partial charge is 0.135 e. The van der Waals surface area contributed by atoms with Gasteiger partial charge in [0.15, 0.2) is 0 Å². The predicted molar refractivity (Wildman–Crippen MR) is 65.2 cm³/mol. The van der Waals surface area contributed by atoms with Crippen molar-refractivity contribution >= 4 is 21.6 Å². The zero-order valence-electron chi connectivity index (χ0n) is 8.83. The van der Waals surface area contributed by atoms with E-state index in [9.17, 15) is 0 Å². The minimum absolute atomic E-state index is 0.686. The summed E-state index contributed by atoms with van der Waals surface area (Å²) in [7, 11) is 1.70. The summed E-state index contributed by atoms with van der Waals surface area (Å²) in [6, 6.07) is 5.54. The van der Waals surface area contributed by atoms with Crippen molar-refractivity contribution in [1.29, 1.82) is 0 Å². The minimum atomic E-state index is 0.686. The molecule has 15 heavy (non-hydrogen) atoms. The van der Waals surface area contributed by atoms with E-state index < -0.39 is 0 Å². The molecule has 0 saturated heterocycles. The Bertz CT molecular complexity index is 305. The Labute approximate surface area is 98.7 Å². The largest absolute Gasteiger partial charge is 0.492 e. The van der Waals surface area contributed by atoms with Crippen LogP contribution in [-0.2, 0) is 4.74 Å². The van der Waals surface area contributed by atoms with Crippen molar-refractivity contribution in [2.45, 2.75) is 12.8 Å². The summed E-state index contributed by atoms with van der Waals surface area (Å²) in [5.74, 6) is 0.799. The van der Waals surface area contributed by atoms with Crippen LogP contribution in [0, 0.1) is 0 Å². The average Bonchev–Trinajstić information content (AvgIpc) is 2.23. The van der Waals surface area contributed by atoms with Gasteiger partial charge in [-0.1, -0.05) is 0 Å². The first kappa shape index (κ1) is 12.3. The predicted octanol–water partition coefficient (Wildman–Crippen LogP) is 2.84. The molecule has 0 saturated carbocycles. The summed E-state index contributed by atoms with van der Waals surface area (Å²) in [4.78, 5) is 0. The number of benzene rings is 1. The minimum Gasteiger partial charge on any atom is -0.492 e. The van der Waals surface area contributed by atoms with Gasteiger partial charge < -0.3 is 15.2 Å². The molecule has 0 aromatic heterocycles. The third-order valence-electron chi connectivity index (χ3n) is 1.96. The first-order chi connectivity index (χ1) is 7.24. The number of ether oxygens (including phenoxy) is 2. The molecule has 0 bridgehead atoms. The lowest BCUT2D eigenvalue weighted by atomic mass is 10.3. The fourth-order valence-corrected chi connectivity index (χ4v) is 1.52. The van der Waals surface area contributed by atoms with E-state index in [1.807, 2.05) is 18.2 Å². The normalized spacial score (nSPS) is 10.3. The number of unbranched alkanes of at least 4 members (excludes halogenated alkanes) is 1. The van der Waals surface area contributed by atoms with E-state index in [4.69, 9.17) is 15.2 Å². The van der Waals surface area contributed by atoms with Gasteiger partial charge in [0.2, 0.25) is 0 Å². The Hall–Kier alpha value is -0.740. The van der Waals surface area contributed by atoms with E-state index in [0.717, 1.165) is 29.7 Å². The second-order valence-corrected chi connectivity index (χ2v) is 4.09. The van der Waals surface area contributed by atoms with Crippen molar-refractivity contribution in [3.8, 4) is 5.75 Å². The van der Waals surface area contributed by atoms with Crippen molar-refractivity contribution < 1.29 is 9.47 Å². The maximum absolute atomic E-state index is 5.66. The van der Waals surface area contributed by atoms with E-state index in [1.54, 1.807) is 7.11 Å². The van der Waals surface area contributed by atoms with Crippen LogP contribution in [0.15, 0.2) is 22.7 Å². The SMILES string of the molecule is COCCCCOc1cc(N)ccc1Br. The van der Waals surface area contributed by atoms with Crippen molar-refractivity contribution in [3.63, 3.8) is 0 Å². The molecular formula is C11H16BrNO2. The summed E-state index contributed by atoms with van der Waals surface area (Å²) in [6.45, 7) is 1.47. The van der Waals surface area contributed by atoms with Crippen LogP contribution < -0.4 is 10.5 Å². The molecule has 0 fully saturated rings. The lowest BCUT2D eigenvalue weighted by Crippen LogP contribution is -2.00. The molecule has 1 rings (SSSR count). The van der Waals surface area contributed by atoms with Gasteiger partial charge in [-0.05, 0) is 40.9 Å². The maximum atomic E-state index is 5.66. The van der Waals surface area contributed by atoms with E-state index in [0.29, 0.717) is 12.3 Å². The molecular weight excluding hydrogens is 258 g/mol. The van der Waals surface area contributed by atoms with E-state index in [-0.39, 0.29) is 0 Å². The van der Waals surface area contributed by atoms with E-state index in [1.165, 1.54) is 0 Å². The zero-order chi connectivity index (χ0) is 11.1. The molecule has 1 aromatic carbocycles. The van der Waals surface area contributed by atoms with Gasteiger partial charge in [0.1, 0.15) is 5.75 Å². The molecule has 0 aliphatic heterocycles. The van der Waals surface area contributed by atoms with Crippen LogP contribution in [0.4, 0.5) is 5.69 Å². The van der Waals surface area contributed by atoms with E-state index in [2.05, 4.69) is 15.9 Å². The third kappa shape index (κ3) is 4.53. The van der Waals surface area contributed by atoms with Crippen LogP contribution in [0.2, 0.25) is 0 Å². The number of rotatable bonds is 6. The third-order valence-corrected chi connectivity index (χ3v) is 2.61. The summed E-state index contributed by atoms with van der Waals surface area (Å²) in [5, 5.41) is 0. The van der Waals surface area contributed by atoms with Gasteiger partial charge in [0, 0.05) is 25.5 Å². The summed E-state index contributed by atoms with van der Waals surface area (Å²) < 4.78 is 11.5. The van der Waals surface area contributed by atoms with Crippen LogP contribution in [0.3, 0.4) is 0 Å². The molecule has 0 spiro atoms. The number of halogens is 1. The molecule has 0 atom stereocenters. The number of hydrogen-bond donors (Lipinski definition) is 1. The van der Waals surface area contributed by atoms with Gasteiger partial charge in [0.25, 0.3) is 0 Å². The molecule has 0 radical (unpaired) electrons. The van der Waals surface area contributed by atoms with Gasteiger partial charge in [0.05, 0.1) is 11.1 Å². The van der Waals surface area contributed by atoms with E-state index >= 15 is 0 Å². The molecule has 0 heterocycles. The Morgan fingerprint density at radius 1 is 1.27 bits per heavy atom. The highest BCUT2D eigenvalue weighted by Gasteiger charge is 2.00. The number of nitrogens with two attached hydrogens (primary N) is 1. The number of anilines is 1. The lowest BCUT2D eigenvalue weighted by Gasteiger charge is -2.08. The maximum Gasteiger partial charge on any atom is 0.135 e. The van der Waals surface area contributed by atoms with Gasteiger partial charge in [-0.2, -0.15) is 0 Å². The molecule has 1 aromatic rings. The van der Waals surface area contributed by atoms with Crippen molar-refractivity contribution in [1.82, 2.24) is 0 Å². The topological polar surface area (TPSA) is 44.5 Å². The van der Waals surface area contributed by atoms with Gasteiger partial charge in [-0.15, -0.1) is 0 Å². The molecule has 0 aliphatic carbocycles. The second kappa shape index (κ2) is 6.69. The highest BCUT2D eigenvalue weighted by atomic mass is 79.9. The Morgan fingerprint density at radius 2 is 2.00 bits per heavy atom. The number of hydrogen-bond acceptors (Lipinski definition) is 3. The van der Waals surface area contributed by atoms with Crippen LogP contribution >= 0.6 is 15.9 Å². The van der Waals surface area contributed by atoms with Gasteiger partial charge in [-0.3, -0.25) is 0 Å². The molecule has 84 valence electrons. The van der Waals surface area contributed by atoms with Gasteiger partial charge >= 0.3 is 0 Å². The zero-order valence-corrected chi connectivity index (χ0v) is 10.4. The first-order valence-electron chi connectivity index (χ1n) is 4.91. The fourth-order valence-electron chi connectivity index (χ4n) is 1.16. The number of nitrogen functional groups attached to an aromatic ring is 1. The molecule has 2 N–H and O–H groups in total. The molecule has 4 heteroatoms. The van der Waals surface area contributed by atoms with Crippen molar-refractivity contribution in [2.75, 3.05) is 26.1 Å². The number of methoxy groups -OCH3 is 1. The summed E-state index contributed by atoms with van der Waals surface area (Å²) >= 11 is 3.41. The van der Waals surface area contributed by atoms with Gasteiger partial charge in [-0.25, -0.2) is 0 Å².